The van der Waals surface area contributed by atoms with Crippen LogP contribution in [0.5, 0.6) is 0 Å². The SMILES string of the molecule is c1ccc(-c2ccc(N3c4ccc(-c5ccccc5)cc4B4c5cc(-c6ccccc6)ccc5N(c5ccc(-c6ccccc6)cc5)c5cc(-c6nc7ncncc7o6)cc3c54)cc2)cc1. The summed E-state index contributed by atoms with van der Waals surface area (Å²) in [6, 6.07) is 78.9. The Kier molecular flexibility index (Phi) is 8.84. The molecular formula is C59H38BN5O. The fourth-order valence-corrected chi connectivity index (χ4v) is 9.99. The van der Waals surface area contributed by atoms with E-state index in [0.717, 1.165) is 50.8 Å². The van der Waals surface area contributed by atoms with Crippen molar-refractivity contribution >= 4 is 68.5 Å². The molecule has 4 heterocycles. The first-order valence-corrected chi connectivity index (χ1v) is 22.3. The van der Waals surface area contributed by atoms with Crippen LogP contribution in [0.1, 0.15) is 0 Å². The van der Waals surface area contributed by atoms with Crippen molar-refractivity contribution in [3.05, 3.63) is 231 Å². The number of nitrogens with zero attached hydrogens (tertiary/aromatic N) is 5. The number of anilines is 6. The molecule has 2 aromatic heterocycles. The highest BCUT2D eigenvalue weighted by Crippen LogP contribution is 2.47. The average Bonchev–Trinajstić information content (AvgIpc) is 3.84. The molecule has 0 unspecified atom stereocenters. The first-order valence-electron chi connectivity index (χ1n) is 22.3. The Morgan fingerprint density at radius 3 is 1.23 bits per heavy atom. The third-order valence-electron chi connectivity index (χ3n) is 13.1. The quantitative estimate of drug-likeness (QED) is 0.149. The highest BCUT2D eigenvalue weighted by molar-refractivity contribution is 7.00. The molecule has 13 rings (SSSR count). The van der Waals surface area contributed by atoms with E-state index < -0.39 is 0 Å². The van der Waals surface area contributed by atoms with Crippen molar-refractivity contribution in [2.45, 2.75) is 0 Å². The predicted octanol–water partition coefficient (Wildman–Crippen LogP) is 13.0. The summed E-state index contributed by atoms with van der Waals surface area (Å²) < 4.78 is 6.50. The van der Waals surface area contributed by atoms with E-state index in [1.54, 1.807) is 6.20 Å². The number of hydrogen-bond acceptors (Lipinski definition) is 6. The van der Waals surface area contributed by atoms with Gasteiger partial charge in [-0.15, -0.1) is 0 Å². The summed E-state index contributed by atoms with van der Waals surface area (Å²) >= 11 is 0. The summed E-state index contributed by atoms with van der Waals surface area (Å²) in [5.41, 5.74) is 21.3. The summed E-state index contributed by atoms with van der Waals surface area (Å²) in [4.78, 5) is 18.5. The minimum Gasteiger partial charge on any atom is -0.433 e. The maximum absolute atomic E-state index is 6.50. The van der Waals surface area contributed by atoms with Gasteiger partial charge in [0.2, 0.25) is 11.5 Å². The first kappa shape index (κ1) is 37.7. The standard InChI is InChI=1S/C59H38BN5O/c1-5-13-39(14-6-1)43-21-27-48(28-22-43)64-52-31-25-45(41-17-9-3-10-18-41)33-50(52)60-51-34-46(42-19-11-4-12-20-42)26-32-53(51)65(49-29-23-44(24-30-49)40-15-7-2-8-16-40)55-36-47(35-54(64)57(55)60)59-63-58-56(66-59)37-61-38-62-58/h1-38H. The van der Waals surface area contributed by atoms with Gasteiger partial charge in [0.1, 0.15) is 6.33 Å². The molecule has 0 radical (unpaired) electrons. The fourth-order valence-electron chi connectivity index (χ4n) is 9.99. The van der Waals surface area contributed by atoms with Crippen LogP contribution in [0.2, 0.25) is 0 Å². The lowest BCUT2D eigenvalue weighted by Gasteiger charge is -2.44. The third kappa shape index (κ3) is 6.32. The van der Waals surface area contributed by atoms with Crippen molar-refractivity contribution in [3.8, 4) is 56.0 Å². The Balaban J connectivity index is 1.11. The second-order valence-corrected chi connectivity index (χ2v) is 16.9. The number of benzene rings is 9. The maximum atomic E-state index is 6.50. The molecule has 0 N–H and O–H groups in total. The molecule has 2 aliphatic heterocycles. The summed E-state index contributed by atoms with van der Waals surface area (Å²) in [7, 11) is 0. The van der Waals surface area contributed by atoms with Crippen LogP contribution in [0.4, 0.5) is 34.1 Å². The van der Waals surface area contributed by atoms with Gasteiger partial charge in [0, 0.05) is 39.7 Å². The third-order valence-corrected chi connectivity index (χ3v) is 13.1. The van der Waals surface area contributed by atoms with Crippen LogP contribution in [-0.4, -0.2) is 21.7 Å². The smallest absolute Gasteiger partial charge is 0.252 e. The molecule has 2 aliphatic rings. The van der Waals surface area contributed by atoms with Crippen LogP contribution < -0.4 is 26.2 Å². The molecule has 11 aromatic rings. The van der Waals surface area contributed by atoms with E-state index in [2.05, 4.69) is 238 Å². The Labute approximate surface area is 382 Å². The number of fused-ring (bicyclic) bond motifs is 5. The van der Waals surface area contributed by atoms with Gasteiger partial charge in [-0.3, -0.25) is 0 Å². The topological polar surface area (TPSA) is 58.3 Å². The lowest BCUT2D eigenvalue weighted by Crippen LogP contribution is -2.61. The predicted molar refractivity (Wildman–Crippen MR) is 271 cm³/mol. The highest BCUT2D eigenvalue weighted by Gasteiger charge is 2.44. The van der Waals surface area contributed by atoms with Gasteiger partial charge < -0.3 is 14.2 Å². The Morgan fingerprint density at radius 1 is 0.379 bits per heavy atom. The van der Waals surface area contributed by atoms with Gasteiger partial charge in [-0.05, 0) is 109 Å². The molecule has 6 nitrogen and oxygen atoms in total. The van der Waals surface area contributed by atoms with E-state index in [0.29, 0.717) is 17.1 Å². The number of oxazole rings is 1. The molecule has 0 atom stereocenters. The van der Waals surface area contributed by atoms with Gasteiger partial charge in [0.05, 0.1) is 6.20 Å². The Bertz CT molecular complexity index is 3350. The van der Waals surface area contributed by atoms with E-state index in [1.807, 2.05) is 0 Å². The number of rotatable bonds is 7. The lowest BCUT2D eigenvalue weighted by molar-refractivity contribution is 0.618. The van der Waals surface area contributed by atoms with Gasteiger partial charge in [-0.1, -0.05) is 170 Å². The average molecular weight is 844 g/mol. The van der Waals surface area contributed by atoms with Crippen molar-refractivity contribution in [2.75, 3.05) is 9.80 Å². The Morgan fingerprint density at radius 2 is 0.788 bits per heavy atom. The van der Waals surface area contributed by atoms with Crippen molar-refractivity contribution in [1.82, 2.24) is 15.0 Å². The van der Waals surface area contributed by atoms with Crippen molar-refractivity contribution in [2.24, 2.45) is 0 Å². The molecule has 0 spiro atoms. The van der Waals surface area contributed by atoms with E-state index in [9.17, 15) is 0 Å². The van der Waals surface area contributed by atoms with Crippen LogP contribution in [0.3, 0.4) is 0 Å². The zero-order valence-corrected chi connectivity index (χ0v) is 35.7. The normalized spacial score (nSPS) is 12.5. The largest absolute Gasteiger partial charge is 0.433 e. The molecule has 0 amide bonds. The van der Waals surface area contributed by atoms with Crippen molar-refractivity contribution < 1.29 is 4.42 Å². The highest BCUT2D eigenvalue weighted by atomic mass is 16.3. The zero-order valence-electron chi connectivity index (χ0n) is 35.7. The minimum atomic E-state index is -0.129. The van der Waals surface area contributed by atoms with Crippen LogP contribution in [0.15, 0.2) is 235 Å². The molecule has 0 aliphatic carbocycles. The summed E-state index contributed by atoms with van der Waals surface area (Å²) in [6.07, 6.45) is 3.19. The van der Waals surface area contributed by atoms with Crippen LogP contribution in [-0.2, 0) is 0 Å². The first-order chi connectivity index (χ1) is 32.7. The van der Waals surface area contributed by atoms with Gasteiger partial charge in [0.15, 0.2) is 5.58 Å². The molecule has 308 valence electrons. The fraction of sp³-hybridized carbons (Fsp3) is 0. The van der Waals surface area contributed by atoms with Gasteiger partial charge >= 0.3 is 0 Å². The monoisotopic (exact) mass is 843 g/mol. The Hall–Kier alpha value is -8.81. The van der Waals surface area contributed by atoms with Gasteiger partial charge in [-0.2, -0.15) is 4.98 Å². The maximum Gasteiger partial charge on any atom is 0.252 e. The summed E-state index contributed by atoms with van der Waals surface area (Å²) in [6.45, 7) is -0.129. The zero-order chi connectivity index (χ0) is 43.6. The second-order valence-electron chi connectivity index (χ2n) is 16.9. The van der Waals surface area contributed by atoms with Crippen LogP contribution in [0, 0.1) is 0 Å². The molecule has 7 heteroatoms. The minimum absolute atomic E-state index is 0.129. The van der Waals surface area contributed by atoms with Crippen LogP contribution >= 0.6 is 0 Å². The molecule has 0 saturated heterocycles. The molecular weight excluding hydrogens is 805 g/mol. The summed E-state index contributed by atoms with van der Waals surface area (Å²) in [5, 5.41) is 0. The molecule has 0 bridgehead atoms. The van der Waals surface area contributed by atoms with E-state index in [-0.39, 0.29) is 6.71 Å². The number of hydrogen-bond donors (Lipinski definition) is 0. The lowest BCUT2D eigenvalue weighted by atomic mass is 9.33. The molecule has 9 aromatic carbocycles. The van der Waals surface area contributed by atoms with Crippen molar-refractivity contribution in [3.63, 3.8) is 0 Å². The van der Waals surface area contributed by atoms with Crippen molar-refractivity contribution in [1.29, 1.82) is 0 Å². The van der Waals surface area contributed by atoms with Gasteiger partial charge in [-0.25, -0.2) is 9.97 Å². The second kappa shape index (κ2) is 15.5. The van der Waals surface area contributed by atoms with E-state index in [4.69, 9.17) is 9.40 Å². The molecule has 66 heavy (non-hydrogen) atoms. The van der Waals surface area contributed by atoms with Gasteiger partial charge in [0.25, 0.3) is 6.71 Å². The van der Waals surface area contributed by atoms with Crippen LogP contribution in [0.25, 0.3) is 67.2 Å². The van der Waals surface area contributed by atoms with E-state index in [1.165, 1.54) is 56.1 Å². The summed E-state index contributed by atoms with van der Waals surface area (Å²) in [5.74, 6) is 0.482. The molecule has 0 saturated carbocycles. The number of aromatic nitrogens is 3. The van der Waals surface area contributed by atoms with E-state index >= 15 is 0 Å². The molecule has 0 fully saturated rings.